The molecule has 1 fully saturated rings. The quantitative estimate of drug-likeness (QED) is 0.740. The van der Waals surface area contributed by atoms with E-state index in [2.05, 4.69) is 25.4 Å². The number of hydrogen-bond donors (Lipinski definition) is 1. The predicted octanol–water partition coefficient (Wildman–Crippen LogP) is -0.130. The van der Waals surface area contributed by atoms with Crippen LogP contribution in [0.25, 0.3) is 5.65 Å². The Morgan fingerprint density at radius 1 is 1.29 bits per heavy atom. The van der Waals surface area contributed by atoms with Crippen molar-refractivity contribution in [3.63, 3.8) is 0 Å². The van der Waals surface area contributed by atoms with Crippen molar-refractivity contribution in [2.45, 2.75) is 25.4 Å². The molecule has 3 heterocycles. The molecule has 0 bridgehead atoms. The third-order valence-corrected chi connectivity index (χ3v) is 3.26. The lowest BCUT2D eigenvalue weighted by Crippen LogP contribution is -2.43. The number of anilines is 1. The van der Waals surface area contributed by atoms with Crippen LogP contribution in [0.4, 0.5) is 5.82 Å². The van der Waals surface area contributed by atoms with Gasteiger partial charge in [-0.05, 0) is 30.2 Å². The average Bonchev–Trinajstić information content (AvgIpc) is 2.77. The van der Waals surface area contributed by atoms with Crippen LogP contribution in [-0.2, 0) is 0 Å². The molecule has 7 heteroatoms. The standard InChI is InChI=1S/C10H14N6O/c1-10(17)2-4-15(5-3-10)9-7-11-6-8-12-13-14-16(8)9/h6-7,17H,2-5H2,1H3. The predicted molar refractivity (Wildman–Crippen MR) is 60.6 cm³/mol. The van der Waals surface area contributed by atoms with Crippen LogP contribution in [0.3, 0.4) is 0 Å². The molecule has 1 N–H and O–H groups in total. The van der Waals surface area contributed by atoms with E-state index in [1.165, 1.54) is 0 Å². The van der Waals surface area contributed by atoms with Crippen molar-refractivity contribution in [2.24, 2.45) is 0 Å². The largest absolute Gasteiger partial charge is 0.390 e. The molecule has 0 aromatic carbocycles. The van der Waals surface area contributed by atoms with E-state index in [4.69, 9.17) is 0 Å². The van der Waals surface area contributed by atoms with E-state index in [-0.39, 0.29) is 0 Å². The van der Waals surface area contributed by atoms with Gasteiger partial charge >= 0.3 is 0 Å². The Labute approximate surface area is 98.1 Å². The minimum absolute atomic E-state index is 0.557. The molecule has 0 amide bonds. The van der Waals surface area contributed by atoms with Crippen molar-refractivity contribution in [1.29, 1.82) is 0 Å². The normalized spacial score (nSPS) is 19.8. The maximum Gasteiger partial charge on any atom is 0.199 e. The summed E-state index contributed by atoms with van der Waals surface area (Å²) in [4.78, 5) is 6.28. The van der Waals surface area contributed by atoms with Crippen molar-refractivity contribution >= 4 is 11.5 Å². The van der Waals surface area contributed by atoms with E-state index >= 15 is 0 Å². The zero-order chi connectivity index (χ0) is 11.9. The zero-order valence-electron chi connectivity index (χ0n) is 9.61. The van der Waals surface area contributed by atoms with Crippen molar-refractivity contribution in [1.82, 2.24) is 25.0 Å². The second-order valence-corrected chi connectivity index (χ2v) is 4.70. The van der Waals surface area contributed by atoms with Crippen LogP contribution in [0.2, 0.25) is 0 Å². The van der Waals surface area contributed by atoms with E-state index in [9.17, 15) is 5.11 Å². The molecule has 3 rings (SSSR count). The highest BCUT2D eigenvalue weighted by Crippen LogP contribution is 2.25. The molecule has 0 unspecified atom stereocenters. The van der Waals surface area contributed by atoms with Gasteiger partial charge in [-0.3, -0.25) is 4.98 Å². The number of tetrazole rings is 1. The summed E-state index contributed by atoms with van der Waals surface area (Å²) in [6.07, 6.45) is 4.87. The van der Waals surface area contributed by atoms with E-state index < -0.39 is 5.60 Å². The second-order valence-electron chi connectivity index (χ2n) is 4.70. The fourth-order valence-corrected chi connectivity index (χ4v) is 2.10. The van der Waals surface area contributed by atoms with Crippen LogP contribution in [0.1, 0.15) is 19.8 Å². The van der Waals surface area contributed by atoms with Crippen molar-refractivity contribution in [3.8, 4) is 0 Å². The number of rotatable bonds is 1. The van der Waals surface area contributed by atoms with Gasteiger partial charge in [-0.2, -0.15) is 4.52 Å². The number of fused-ring (bicyclic) bond motifs is 1. The van der Waals surface area contributed by atoms with E-state index in [1.807, 2.05) is 6.92 Å². The van der Waals surface area contributed by atoms with Gasteiger partial charge in [-0.1, -0.05) is 0 Å². The smallest absolute Gasteiger partial charge is 0.199 e. The first kappa shape index (κ1) is 10.4. The van der Waals surface area contributed by atoms with Crippen LogP contribution in [0.5, 0.6) is 0 Å². The summed E-state index contributed by atoms with van der Waals surface area (Å²) in [5, 5.41) is 21.4. The summed E-state index contributed by atoms with van der Waals surface area (Å²) in [7, 11) is 0. The number of nitrogens with zero attached hydrogens (tertiary/aromatic N) is 6. The summed E-state index contributed by atoms with van der Waals surface area (Å²) in [5.74, 6) is 0.878. The van der Waals surface area contributed by atoms with Crippen LogP contribution in [0, 0.1) is 0 Å². The topological polar surface area (TPSA) is 79.4 Å². The highest BCUT2D eigenvalue weighted by Gasteiger charge is 2.28. The molecule has 0 aliphatic carbocycles. The molecule has 0 radical (unpaired) electrons. The van der Waals surface area contributed by atoms with Crippen LogP contribution in [-0.4, -0.2) is 48.8 Å². The van der Waals surface area contributed by atoms with Gasteiger partial charge in [-0.15, -0.1) is 5.10 Å². The average molecular weight is 234 g/mol. The molecule has 90 valence electrons. The van der Waals surface area contributed by atoms with Crippen molar-refractivity contribution < 1.29 is 5.11 Å². The minimum atomic E-state index is -0.557. The Morgan fingerprint density at radius 2 is 2.06 bits per heavy atom. The molecule has 2 aromatic heterocycles. The highest BCUT2D eigenvalue weighted by molar-refractivity contribution is 5.46. The molecule has 2 aromatic rings. The van der Waals surface area contributed by atoms with Crippen molar-refractivity contribution in [2.75, 3.05) is 18.0 Å². The molecule has 1 aliphatic heterocycles. The van der Waals surface area contributed by atoms with Crippen LogP contribution in [0.15, 0.2) is 12.4 Å². The van der Waals surface area contributed by atoms with E-state index in [0.29, 0.717) is 5.65 Å². The number of aromatic nitrogens is 5. The van der Waals surface area contributed by atoms with Gasteiger partial charge in [0.25, 0.3) is 0 Å². The molecule has 1 saturated heterocycles. The molecule has 17 heavy (non-hydrogen) atoms. The second kappa shape index (κ2) is 3.63. The lowest BCUT2D eigenvalue weighted by molar-refractivity contribution is 0.0349. The first-order valence-corrected chi connectivity index (χ1v) is 5.65. The maximum absolute atomic E-state index is 9.92. The lowest BCUT2D eigenvalue weighted by Gasteiger charge is -2.36. The molecule has 7 nitrogen and oxygen atoms in total. The molecule has 0 spiro atoms. The Hall–Kier alpha value is -1.76. The van der Waals surface area contributed by atoms with Crippen molar-refractivity contribution in [3.05, 3.63) is 12.4 Å². The summed E-state index contributed by atoms with van der Waals surface area (Å²) in [6.45, 7) is 3.45. The van der Waals surface area contributed by atoms with Gasteiger partial charge in [0.05, 0.1) is 18.0 Å². The van der Waals surface area contributed by atoms with E-state index in [0.717, 1.165) is 31.7 Å². The van der Waals surface area contributed by atoms with E-state index in [1.54, 1.807) is 16.9 Å². The number of hydrogen-bond acceptors (Lipinski definition) is 6. The summed E-state index contributed by atoms with van der Waals surface area (Å²) in [6, 6.07) is 0. The fourth-order valence-electron chi connectivity index (χ4n) is 2.10. The maximum atomic E-state index is 9.92. The van der Waals surface area contributed by atoms with Gasteiger partial charge < -0.3 is 10.0 Å². The summed E-state index contributed by atoms with van der Waals surface area (Å²) >= 11 is 0. The number of aliphatic hydroxyl groups is 1. The Morgan fingerprint density at radius 3 is 2.82 bits per heavy atom. The zero-order valence-corrected chi connectivity index (χ0v) is 9.61. The SMILES string of the molecule is CC1(O)CCN(c2cncc3nnnn23)CC1. The van der Waals surface area contributed by atoms with Crippen LogP contribution < -0.4 is 4.90 Å². The Bertz CT molecular complexity index is 526. The molecule has 0 atom stereocenters. The highest BCUT2D eigenvalue weighted by atomic mass is 16.3. The van der Waals surface area contributed by atoms with Gasteiger partial charge in [-0.25, -0.2) is 0 Å². The monoisotopic (exact) mass is 234 g/mol. The third kappa shape index (κ3) is 1.82. The first-order valence-electron chi connectivity index (χ1n) is 5.65. The van der Waals surface area contributed by atoms with Crippen LogP contribution >= 0.6 is 0 Å². The fraction of sp³-hybridized carbons (Fsp3) is 0.600. The Kier molecular flexibility index (Phi) is 2.22. The molecular formula is C10H14N6O. The number of piperidine rings is 1. The van der Waals surface area contributed by atoms with Gasteiger partial charge in [0.1, 0.15) is 0 Å². The van der Waals surface area contributed by atoms with Gasteiger partial charge in [0, 0.05) is 13.1 Å². The Balaban J connectivity index is 1.92. The third-order valence-electron chi connectivity index (χ3n) is 3.26. The summed E-state index contributed by atoms with van der Waals surface area (Å²) in [5.41, 5.74) is 0.0816. The first-order chi connectivity index (χ1) is 8.16. The molecule has 1 aliphatic rings. The minimum Gasteiger partial charge on any atom is -0.390 e. The molecule has 0 saturated carbocycles. The van der Waals surface area contributed by atoms with Gasteiger partial charge in [0.15, 0.2) is 11.5 Å². The van der Waals surface area contributed by atoms with Gasteiger partial charge in [0.2, 0.25) is 0 Å². The molecular weight excluding hydrogens is 220 g/mol. The summed E-state index contributed by atoms with van der Waals surface area (Å²) < 4.78 is 1.67. The lowest BCUT2D eigenvalue weighted by atomic mass is 9.94.